The number of esters is 1. The Balaban J connectivity index is 1.49. The van der Waals surface area contributed by atoms with Crippen LogP contribution in [0.1, 0.15) is 18.1 Å². The number of rotatable bonds is 9. The summed E-state index contributed by atoms with van der Waals surface area (Å²) in [6, 6.07) is 23.3. The van der Waals surface area contributed by atoms with E-state index in [0.29, 0.717) is 11.3 Å². The van der Waals surface area contributed by atoms with Crippen molar-refractivity contribution in [3.63, 3.8) is 0 Å². The molecule has 4 aromatic rings. The van der Waals surface area contributed by atoms with Gasteiger partial charge in [0.15, 0.2) is 6.61 Å². The summed E-state index contributed by atoms with van der Waals surface area (Å²) in [6.45, 7) is 1.82. The summed E-state index contributed by atoms with van der Waals surface area (Å²) in [7, 11) is 0. The van der Waals surface area contributed by atoms with Crippen molar-refractivity contribution in [2.24, 2.45) is 0 Å². The molecule has 41 heavy (non-hydrogen) atoms. The minimum atomic E-state index is -4.57. The zero-order chi connectivity index (χ0) is 29.4. The first-order valence-corrected chi connectivity index (χ1v) is 12.6. The highest BCUT2D eigenvalue weighted by Crippen LogP contribution is 2.31. The molecule has 0 bridgehead atoms. The van der Waals surface area contributed by atoms with E-state index < -0.39 is 29.6 Å². The molecule has 0 spiro atoms. The lowest BCUT2D eigenvalue weighted by Crippen LogP contribution is -2.34. The summed E-state index contributed by atoms with van der Waals surface area (Å²) in [5.74, 6) is -0.511. The molecule has 212 valence electrons. The molecule has 0 aromatic heterocycles. The van der Waals surface area contributed by atoms with Crippen LogP contribution in [0.3, 0.4) is 0 Å². The zero-order valence-corrected chi connectivity index (χ0v) is 22.0. The largest absolute Gasteiger partial charge is 0.482 e. The number of carbonyl (C=O) groups excluding carboxylic acids is 2. The van der Waals surface area contributed by atoms with Crippen LogP contribution in [0.15, 0.2) is 97.1 Å². The SMILES string of the molecule is CCOC(=O)COc1ccc(-c2ccc(CN(C(=O)Nc3cccc(C(F)(F)F)c3)c3cccc(F)c3)cc2)cc1. The fraction of sp³-hybridized carbons (Fsp3) is 0.161. The molecule has 0 aliphatic heterocycles. The van der Waals surface area contributed by atoms with Crippen LogP contribution < -0.4 is 15.0 Å². The van der Waals surface area contributed by atoms with E-state index in [1.165, 1.54) is 41.3 Å². The van der Waals surface area contributed by atoms with E-state index in [9.17, 15) is 27.2 Å². The predicted octanol–water partition coefficient (Wildman–Crippen LogP) is 7.69. The maximum Gasteiger partial charge on any atom is 0.416 e. The van der Waals surface area contributed by atoms with E-state index in [-0.39, 0.29) is 31.1 Å². The summed E-state index contributed by atoms with van der Waals surface area (Å²) >= 11 is 0. The molecule has 0 saturated heterocycles. The number of alkyl halides is 3. The standard InChI is InChI=1S/C31H26F4N2O4/c1-2-40-29(38)20-41-28-15-13-23(14-16-28)22-11-9-21(10-12-22)19-37(27-8-4-6-25(32)18-27)30(39)36-26-7-3-5-24(17-26)31(33,34)35/h3-18H,2,19-20H2,1H3,(H,36,39). The number of benzene rings is 4. The van der Waals surface area contributed by atoms with Crippen LogP contribution in [0.2, 0.25) is 0 Å². The third-order valence-electron chi connectivity index (χ3n) is 5.95. The van der Waals surface area contributed by atoms with Gasteiger partial charge in [0.1, 0.15) is 11.6 Å². The Hall–Kier alpha value is -4.86. The van der Waals surface area contributed by atoms with E-state index in [1.54, 1.807) is 31.2 Å². The molecular weight excluding hydrogens is 540 g/mol. The number of amides is 2. The van der Waals surface area contributed by atoms with E-state index in [0.717, 1.165) is 23.3 Å². The third kappa shape index (κ3) is 8.07. The van der Waals surface area contributed by atoms with Crippen molar-refractivity contribution < 1.29 is 36.6 Å². The van der Waals surface area contributed by atoms with Gasteiger partial charge in [0, 0.05) is 11.4 Å². The van der Waals surface area contributed by atoms with Crippen molar-refractivity contribution in [3.8, 4) is 16.9 Å². The Kier molecular flexibility index (Phi) is 9.23. The van der Waals surface area contributed by atoms with Crippen molar-refractivity contribution in [1.29, 1.82) is 0 Å². The van der Waals surface area contributed by atoms with Gasteiger partial charge < -0.3 is 14.8 Å². The molecule has 1 N–H and O–H groups in total. The van der Waals surface area contributed by atoms with Crippen molar-refractivity contribution in [3.05, 3.63) is 114 Å². The average molecular weight is 567 g/mol. The fourth-order valence-corrected chi connectivity index (χ4v) is 3.96. The third-order valence-corrected chi connectivity index (χ3v) is 5.95. The second kappa shape index (κ2) is 13.0. The molecule has 4 rings (SSSR count). The van der Waals surface area contributed by atoms with Crippen molar-refractivity contribution >= 4 is 23.4 Å². The Morgan fingerprint density at radius 2 is 1.51 bits per heavy atom. The highest BCUT2D eigenvalue weighted by Gasteiger charge is 2.30. The molecule has 0 unspecified atom stereocenters. The Labute approximate surface area is 234 Å². The number of ether oxygens (including phenoxy) is 2. The molecule has 6 nitrogen and oxygen atoms in total. The maximum absolute atomic E-state index is 14.0. The van der Waals surface area contributed by atoms with Crippen molar-refractivity contribution in [2.45, 2.75) is 19.6 Å². The normalized spacial score (nSPS) is 11.0. The van der Waals surface area contributed by atoms with E-state index in [2.05, 4.69) is 5.32 Å². The van der Waals surface area contributed by atoms with Gasteiger partial charge in [-0.15, -0.1) is 0 Å². The van der Waals surface area contributed by atoms with Gasteiger partial charge in [0.25, 0.3) is 0 Å². The molecule has 0 saturated carbocycles. The molecule has 0 radical (unpaired) electrons. The molecule has 2 amide bonds. The highest BCUT2D eigenvalue weighted by atomic mass is 19.4. The van der Waals surface area contributed by atoms with Crippen LogP contribution in [0.25, 0.3) is 11.1 Å². The molecule has 10 heteroatoms. The molecule has 0 aliphatic carbocycles. The second-order valence-electron chi connectivity index (χ2n) is 8.89. The molecule has 0 heterocycles. The topological polar surface area (TPSA) is 67.9 Å². The number of anilines is 2. The fourth-order valence-electron chi connectivity index (χ4n) is 3.96. The van der Waals surface area contributed by atoms with Crippen LogP contribution >= 0.6 is 0 Å². The number of halogens is 4. The van der Waals surface area contributed by atoms with Crippen LogP contribution in [-0.2, 0) is 22.3 Å². The molecular formula is C31H26F4N2O4. The number of hydrogen-bond acceptors (Lipinski definition) is 4. The lowest BCUT2D eigenvalue weighted by atomic mass is 10.0. The van der Waals surface area contributed by atoms with Gasteiger partial charge in [-0.3, -0.25) is 4.90 Å². The van der Waals surface area contributed by atoms with Gasteiger partial charge >= 0.3 is 18.2 Å². The quantitative estimate of drug-likeness (QED) is 0.167. The van der Waals surface area contributed by atoms with E-state index >= 15 is 0 Å². The van der Waals surface area contributed by atoms with Gasteiger partial charge in [-0.25, -0.2) is 14.0 Å². The summed E-state index contributed by atoms with van der Waals surface area (Å²) in [4.78, 5) is 25.9. The lowest BCUT2D eigenvalue weighted by molar-refractivity contribution is -0.145. The first-order valence-electron chi connectivity index (χ1n) is 12.6. The van der Waals surface area contributed by atoms with Gasteiger partial charge in [-0.05, 0) is 72.1 Å². The summed E-state index contributed by atoms with van der Waals surface area (Å²) in [5.41, 5.74) is 1.74. The van der Waals surface area contributed by atoms with Crippen LogP contribution in [0.5, 0.6) is 5.75 Å². The summed E-state index contributed by atoms with van der Waals surface area (Å²) in [5, 5.41) is 2.48. The maximum atomic E-state index is 14.0. The Morgan fingerprint density at radius 3 is 2.15 bits per heavy atom. The van der Waals surface area contributed by atoms with Crippen LogP contribution in [0, 0.1) is 5.82 Å². The minimum absolute atomic E-state index is 0.0230. The first-order chi connectivity index (χ1) is 19.6. The van der Waals surface area contributed by atoms with Gasteiger partial charge in [0.2, 0.25) is 0 Å². The lowest BCUT2D eigenvalue weighted by Gasteiger charge is -2.24. The van der Waals surface area contributed by atoms with Crippen LogP contribution in [-0.4, -0.2) is 25.2 Å². The number of urea groups is 1. The summed E-state index contributed by atoms with van der Waals surface area (Å²) < 4.78 is 63.7. The smallest absolute Gasteiger partial charge is 0.416 e. The van der Waals surface area contributed by atoms with Crippen molar-refractivity contribution in [2.75, 3.05) is 23.4 Å². The van der Waals surface area contributed by atoms with Crippen molar-refractivity contribution in [1.82, 2.24) is 0 Å². The minimum Gasteiger partial charge on any atom is -0.482 e. The molecule has 0 aliphatic rings. The highest BCUT2D eigenvalue weighted by molar-refractivity contribution is 6.01. The molecule has 0 atom stereocenters. The Morgan fingerprint density at radius 1 is 0.854 bits per heavy atom. The number of nitrogens with one attached hydrogen (secondary N) is 1. The monoisotopic (exact) mass is 566 g/mol. The summed E-state index contributed by atoms with van der Waals surface area (Å²) in [6.07, 6.45) is -4.57. The van der Waals surface area contributed by atoms with E-state index in [4.69, 9.17) is 9.47 Å². The average Bonchev–Trinajstić information content (AvgIpc) is 2.95. The number of carbonyl (C=O) groups is 2. The van der Waals surface area contributed by atoms with Gasteiger partial charge in [-0.1, -0.05) is 48.5 Å². The van der Waals surface area contributed by atoms with Crippen LogP contribution in [0.4, 0.5) is 33.7 Å². The second-order valence-corrected chi connectivity index (χ2v) is 8.89. The van der Waals surface area contributed by atoms with Gasteiger partial charge in [0.05, 0.1) is 18.7 Å². The molecule has 0 fully saturated rings. The predicted molar refractivity (Wildman–Crippen MR) is 147 cm³/mol. The van der Waals surface area contributed by atoms with Gasteiger partial charge in [-0.2, -0.15) is 13.2 Å². The molecule has 4 aromatic carbocycles. The number of hydrogen-bond donors (Lipinski definition) is 1. The first kappa shape index (κ1) is 29.1. The Bertz CT molecular complexity index is 1490. The van der Waals surface area contributed by atoms with E-state index in [1.807, 2.05) is 24.3 Å². The zero-order valence-electron chi connectivity index (χ0n) is 22.0. The number of nitrogens with zero attached hydrogens (tertiary/aromatic N) is 1.